The Morgan fingerprint density at radius 3 is 2.54 bits per heavy atom. The second-order valence-corrected chi connectivity index (χ2v) is 10.2. The van der Waals surface area contributed by atoms with Gasteiger partial charge in [-0.3, -0.25) is 14.2 Å². The summed E-state index contributed by atoms with van der Waals surface area (Å²) in [5.74, 6) is -0.186. The van der Waals surface area contributed by atoms with Crippen LogP contribution in [-0.2, 0) is 14.3 Å². The third kappa shape index (κ3) is 4.29. The fourth-order valence-electron chi connectivity index (χ4n) is 4.65. The average molecular weight is 518 g/mol. The number of hydrogen-bond acceptors (Lipinski definition) is 7. The summed E-state index contributed by atoms with van der Waals surface area (Å²) in [5.41, 5.74) is 3.72. The van der Waals surface area contributed by atoms with Gasteiger partial charge in [-0.05, 0) is 64.4 Å². The number of rotatable bonds is 5. The zero-order chi connectivity index (χ0) is 26.4. The van der Waals surface area contributed by atoms with Crippen molar-refractivity contribution in [3.63, 3.8) is 0 Å². The van der Waals surface area contributed by atoms with Crippen LogP contribution in [0.2, 0.25) is 0 Å². The van der Waals surface area contributed by atoms with E-state index in [4.69, 9.17) is 9.47 Å². The first kappa shape index (κ1) is 24.7. The molecule has 1 aromatic heterocycles. The average Bonchev–Trinajstić information content (AvgIpc) is 3.33. The van der Waals surface area contributed by atoms with E-state index in [0.29, 0.717) is 45.2 Å². The maximum Gasteiger partial charge on any atom is 0.338 e. The lowest BCUT2D eigenvalue weighted by atomic mass is 9.95. The molecule has 0 fully saturated rings. The van der Waals surface area contributed by atoms with Gasteiger partial charge in [0.25, 0.3) is 11.5 Å². The van der Waals surface area contributed by atoms with Crippen LogP contribution in [0.4, 0.5) is 5.69 Å². The second-order valence-electron chi connectivity index (χ2n) is 9.24. The van der Waals surface area contributed by atoms with Gasteiger partial charge in [0.2, 0.25) is 0 Å². The zero-order valence-electron chi connectivity index (χ0n) is 21.2. The lowest BCUT2D eigenvalue weighted by Gasteiger charge is -2.25. The third-order valence-corrected chi connectivity index (χ3v) is 7.27. The smallest absolute Gasteiger partial charge is 0.338 e. The van der Waals surface area contributed by atoms with Gasteiger partial charge >= 0.3 is 5.97 Å². The number of carbonyl (C=O) groups excluding carboxylic acids is 2. The van der Waals surface area contributed by atoms with Crippen LogP contribution in [0.1, 0.15) is 50.4 Å². The number of amides is 1. The van der Waals surface area contributed by atoms with Crippen LogP contribution >= 0.6 is 11.3 Å². The van der Waals surface area contributed by atoms with Gasteiger partial charge in [-0.1, -0.05) is 35.1 Å². The molecular weight excluding hydrogens is 490 g/mol. The predicted molar refractivity (Wildman–Crippen MR) is 141 cm³/mol. The molecule has 3 heterocycles. The predicted octanol–water partition coefficient (Wildman–Crippen LogP) is 3.22. The number of aryl methyl sites for hydroxylation is 1. The molecule has 0 radical (unpaired) electrons. The number of esters is 1. The molecule has 2 aliphatic rings. The molecular formula is C28H27N3O5S. The molecule has 0 bridgehead atoms. The summed E-state index contributed by atoms with van der Waals surface area (Å²) >= 11 is 1.15. The monoisotopic (exact) mass is 517 g/mol. The Labute approximate surface area is 217 Å². The number of anilines is 1. The molecule has 3 aromatic rings. The van der Waals surface area contributed by atoms with Crippen molar-refractivity contribution in [2.75, 3.05) is 11.9 Å². The summed E-state index contributed by atoms with van der Waals surface area (Å²) in [5, 5.41) is 2.85. The van der Waals surface area contributed by atoms with Gasteiger partial charge < -0.3 is 14.8 Å². The van der Waals surface area contributed by atoms with Crippen molar-refractivity contribution in [2.45, 2.75) is 46.8 Å². The van der Waals surface area contributed by atoms with E-state index in [-0.39, 0.29) is 27.7 Å². The molecule has 8 nitrogen and oxygen atoms in total. The number of hydrogen-bond donors (Lipinski definition) is 1. The summed E-state index contributed by atoms with van der Waals surface area (Å²) < 4.78 is 12.9. The Morgan fingerprint density at radius 1 is 1.14 bits per heavy atom. The fraction of sp³-hybridized carbons (Fsp3) is 0.286. The van der Waals surface area contributed by atoms with Gasteiger partial charge in [0.15, 0.2) is 4.80 Å². The number of nitrogens with one attached hydrogen (secondary N) is 1. The van der Waals surface area contributed by atoms with E-state index >= 15 is 0 Å². The third-order valence-electron chi connectivity index (χ3n) is 6.21. The number of ether oxygens (including phenoxy) is 2. The summed E-state index contributed by atoms with van der Waals surface area (Å²) in [6.45, 7) is 9.64. The SMILES string of the molecule is CCOc1ccc([C@@H]2C(C(=O)OC(C)C)=C(C)N=c3s/c(=C4/C(=O)Nc5ccc(C)cc54)c(=O)n32)cc1. The molecule has 2 aromatic carbocycles. The number of nitrogens with zero attached hydrogens (tertiary/aromatic N) is 2. The Morgan fingerprint density at radius 2 is 1.86 bits per heavy atom. The van der Waals surface area contributed by atoms with Gasteiger partial charge in [-0.15, -0.1) is 0 Å². The molecule has 9 heteroatoms. The number of benzene rings is 2. The van der Waals surface area contributed by atoms with E-state index in [1.165, 1.54) is 4.57 Å². The van der Waals surface area contributed by atoms with E-state index in [1.54, 1.807) is 20.8 Å². The first-order valence-corrected chi connectivity index (χ1v) is 12.9. The summed E-state index contributed by atoms with van der Waals surface area (Å²) in [6, 6.07) is 12.1. The molecule has 0 spiro atoms. The van der Waals surface area contributed by atoms with Crippen molar-refractivity contribution in [1.29, 1.82) is 0 Å². The fourth-order valence-corrected chi connectivity index (χ4v) is 5.79. The van der Waals surface area contributed by atoms with Gasteiger partial charge in [0.1, 0.15) is 10.3 Å². The molecule has 2 aliphatic heterocycles. The van der Waals surface area contributed by atoms with Gasteiger partial charge in [0.05, 0.1) is 35.6 Å². The van der Waals surface area contributed by atoms with Crippen LogP contribution in [-0.4, -0.2) is 29.2 Å². The van der Waals surface area contributed by atoms with E-state index in [9.17, 15) is 14.4 Å². The highest BCUT2D eigenvalue weighted by atomic mass is 32.1. The highest BCUT2D eigenvalue weighted by Gasteiger charge is 2.35. The molecule has 1 atom stereocenters. The number of carbonyl (C=O) groups is 2. The number of thiazole rings is 1. The quantitative estimate of drug-likeness (QED) is 0.524. The minimum absolute atomic E-state index is 0.280. The van der Waals surface area contributed by atoms with Gasteiger partial charge in [-0.25, -0.2) is 9.79 Å². The first-order valence-electron chi connectivity index (χ1n) is 12.1. The lowest BCUT2D eigenvalue weighted by Crippen LogP contribution is -2.40. The highest BCUT2D eigenvalue weighted by molar-refractivity contribution is 7.07. The second kappa shape index (κ2) is 9.48. The van der Waals surface area contributed by atoms with Crippen LogP contribution in [0.5, 0.6) is 5.75 Å². The lowest BCUT2D eigenvalue weighted by molar-refractivity contribution is -0.143. The summed E-state index contributed by atoms with van der Waals surface area (Å²) in [7, 11) is 0. The molecule has 37 heavy (non-hydrogen) atoms. The molecule has 0 aliphatic carbocycles. The number of allylic oxidation sites excluding steroid dienone is 1. The van der Waals surface area contributed by atoms with Crippen molar-refractivity contribution < 1.29 is 19.1 Å². The maximum absolute atomic E-state index is 14.0. The number of fused-ring (bicyclic) bond motifs is 2. The molecule has 1 amide bonds. The normalized spacial score (nSPS) is 17.8. The molecule has 0 unspecified atom stereocenters. The van der Waals surface area contributed by atoms with Crippen LogP contribution in [0.15, 0.2) is 63.5 Å². The minimum Gasteiger partial charge on any atom is -0.494 e. The van der Waals surface area contributed by atoms with Crippen LogP contribution < -0.4 is 24.9 Å². The maximum atomic E-state index is 14.0. The van der Waals surface area contributed by atoms with Crippen molar-refractivity contribution in [1.82, 2.24) is 4.57 Å². The molecule has 190 valence electrons. The van der Waals surface area contributed by atoms with E-state index in [1.807, 2.05) is 56.3 Å². The topological polar surface area (TPSA) is 99.0 Å². The van der Waals surface area contributed by atoms with E-state index in [0.717, 1.165) is 16.9 Å². The molecule has 0 saturated heterocycles. The standard InChI is InChI=1S/C28H27N3O5S/c1-6-35-18-10-8-17(9-11-18)23-21(27(34)36-14(2)3)16(5)29-28-31(23)26(33)24(37-28)22-19-13-15(4)7-12-20(19)30-25(22)32/h7-14,23H,6H2,1-5H3,(H,30,32)/b24-22+/t23-/m1/s1. The Kier molecular flexibility index (Phi) is 6.33. The van der Waals surface area contributed by atoms with Crippen LogP contribution in [0, 0.1) is 6.92 Å². The zero-order valence-corrected chi connectivity index (χ0v) is 22.1. The summed E-state index contributed by atoms with van der Waals surface area (Å²) in [4.78, 5) is 45.3. The molecule has 5 rings (SSSR count). The van der Waals surface area contributed by atoms with Crippen molar-refractivity contribution >= 4 is 34.5 Å². The Bertz CT molecular complexity index is 1640. The van der Waals surface area contributed by atoms with Crippen molar-refractivity contribution in [3.8, 4) is 5.75 Å². The van der Waals surface area contributed by atoms with E-state index < -0.39 is 12.0 Å². The van der Waals surface area contributed by atoms with Crippen LogP contribution in [0.25, 0.3) is 5.57 Å². The van der Waals surface area contributed by atoms with Gasteiger partial charge in [0, 0.05) is 11.3 Å². The molecule has 0 saturated carbocycles. The first-order chi connectivity index (χ1) is 17.7. The largest absolute Gasteiger partial charge is 0.494 e. The van der Waals surface area contributed by atoms with Gasteiger partial charge in [-0.2, -0.15) is 0 Å². The molecule has 1 N–H and O–H groups in total. The minimum atomic E-state index is -0.769. The van der Waals surface area contributed by atoms with Crippen molar-refractivity contribution in [2.24, 2.45) is 4.99 Å². The summed E-state index contributed by atoms with van der Waals surface area (Å²) in [6.07, 6.45) is -0.345. The Hall–Kier alpha value is -3.98. The number of aromatic nitrogens is 1. The van der Waals surface area contributed by atoms with E-state index in [2.05, 4.69) is 10.3 Å². The Balaban J connectivity index is 1.77. The van der Waals surface area contributed by atoms with Crippen LogP contribution in [0.3, 0.4) is 0 Å². The van der Waals surface area contributed by atoms with Crippen molar-refractivity contribution in [3.05, 3.63) is 90.1 Å². The highest BCUT2D eigenvalue weighted by Crippen LogP contribution is 2.33.